The number of rotatable bonds is 4. The monoisotopic (exact) mass is 235 g/mol. The minimum absolute atomic E-state index is 0.211. The van der Waals surface area contributed by atoms with Crippen molar-refractivity contribution in [1.82, 2.24) is 15.1 Å². The van der Waals surface area contributed by atoms with Gasteiger partial charge in [0.2, 0.25) is 0 Å². The Labute approximate surface area is 102 Å². The molecule has 1 saturated heterocycles. The topological polar surface area (TPSA) is 46.9 Å². The number of nitrogens with zero attached hydrogens (tertiary/aromatic N) is 2. The number of aromatic nitrogens is 2. The Balaban J connectivity index is 1.92. The van der Waals surface area contributed by atoms with E-state index in [-0.39, 0.29) is 5.78 Å². The number of ketones is 1. The number of hydrogen-bond acceptors (Lipinski definition) is 3. The first-order chi connectivity index (χ1) is 8.18. The van der Waals surface area contributed by atoms with Gasteiger partial charge in [0.05, 0.1) is 0 Å². The second-order valence-corrected chi connectivity index (χ2v) is 5.05. The summed E-state index contributed by atoms with van der Waals surface area (Å²) in [6.45, 7) is 4.37. The lowest BCUT2D eigenvalue weighted by atomic mass is 9.84. The van der Waals surface area contributed by atoms with E-state index in [0.29, 0.717) is 18.3 Å². The zero-order valence-corrected chi connectivity index (χ0v) is 10.6. The fraction of sp³-hybridized carbons (Fsp3) is 0.692. The molecular weight excluding hydrogens is 214 g/mol. The molecule has 0 radical (unpaired) electrons. The number of carbonyl (C=O) groups excluding carboxylic acids is 1. The lowest BCUT2D eigenvalue weighted by molar-refractivity contribution is 0.0933. The summed E-state index contributed by atoms with van der Waals surface area (Å²) in [5.74, 6) is 1.30. The van der Waals surface area contributed by atoms with Crippen molar-refractivity contribution in [2.75, 3.05) is 13.1 Å². The Kier molecular flexibility index (Phi) is 3.94. The van der Waals surface area contributed by atoms with Crippen LogP contribution in [0.15, 0.2) is 12.3 Å². The maximum atomic E-state index is 12.1. The summed E-state index contributed by atoms with van der Waals surface area (Å²) in [7, 11) is 1.82. The first-order valence-corrected chi connectivity index (χ1v) is 6.40. The SMILES string of the molecule is CC(CC(=O)c1ccnn1C)C1CCCNC1. The van der Waals surface area contributed by atoms with E-state index in [1.807, 2.05) is 7.05 Å². The molecule has 1 fully saturated rings. The highest BCUT2D eigenvalue weighted by atomic mass is 16.1. The summed E-state index contributed by atoms with van der Waals surface area (Å²) >= 11 is 0. The summed E-state index contributed by atoms with van der Waals surface area (Å²) in [4.78, 5) is 12.1. The number of piperidine rings is 1. The van der Waals surface area contributed by atoms with Crippen LogP contribution in [0.4, 0.5) is 0 Å². The molecule has 4 nitrogen and oxygen atoms in total. The van der Waals surface area contributed by atoms with Gasteiger partial charge in [-0.05, 0) is 43.8 Å². The van der Waals surface area contributed by atoms with Crippen LogP contribution in [-0.2, 0) is 7.05 Å². The van der Waals surface area contributed by atoms with E-state index in [0.717, 1.165) is 18.8 Å². The molecule has 1 N–H and O–H groups in total. The number of Topliss-reactive ketones (excluding diaryl/α,β-unsaturated/α-hetero) is 1. The van der Waals surface area contributed by atoms with Crippen molar-refractivity contribution in [2.24, 2.45) is 18.9 Å². The van der Waals surface area contributed by atoms with Gasteiger partial charge in [-0.25, -0.2) is 0 Å². The van der Waals surface area contributed by atoms with E-state index in [4.69, 9.17) is 0 Å². The van der Waals surface area contributed by atoms with Crippen molar-refractivity contribution < 1.29 is 4.79 Å². The lowest BCUT2D eigenvalue weighted by Gasteiger charge is -2.27. The van der Waals surface area contributed by atoms with Crippen LogP contribution in [0.2, 0.25) is 0 Å². The predicted octanol–water partition coefficient (Wildman–Crippen LogP) is 1.63. The quantitative estimate of drug-likeness (QED) is 0.807. The van der Waals surface area contributed by atoms with E-state index >= 15 is 0 Å². The minimum Gasteiger partial charge on any atom is -0.316 e. The zero-order valence-electron chi connectivity index (χ0n) is 10.6. The van der Waals surface area contributed by atoms with Crippen molar-refractivity contribution in [3.63, 3.8) is 0 Å². The van der Waals surface area contributed by atoms with Crippen molar-refractivity contribution in [3.8, 4) is 0 Å². The third-order valence-corrected chi connectivity index (χ3v) is 3.75. The molecule has 1 aliphatic heterocycles. The van der Waals surface area contributed by atoms with Crippen molar-refractivity contribution in [1.29, 1.82) is 0 Å². The average molecular weight is 235 g/mol. The van der Waals surface area contributed by atoms with Crippen LogP contribution in [0.5, 0.6) is 0 Å². The van der Waals surface area contributed by atoms with E-state index in [2.05, 4.69) is 17.3 Å². The standard InChI is InChI=1S/C13H21N3O/c1-10(11-4-3-6-14-9-11)8-13(17)12-5-7-15-16(12)2/h5,7,10-11,14H,3-4,6,8-9H2,1-2H3. The zero-order chi connectivity index (χ0) is 12.3. The maximum absolute atomic E-state index is 12.1. The second kappa shape index (κ2) is 5.45. The average Bonchev–Trinajstić information content (AvgIpc) is 2.76. The Hall–Kier alpha value is -1.16. The first-order valence-electron chi connectivity index (χ1n) is 6.40. The van der Waals surface area contributed by atoms with Gasteiger partial charge in [0.1, 0.15) is 5.69 Å². The number of nitrogens with one attached hydrogen (secondary N) is 1. The molecule has 1 aromatic heterocycles. The van der Waals surface area contributed by atoms with Gasteiger partial charge in [-0.3, -0.25) is 9.48 Å². The maximum Gasteiger partial charge on any atom is 0.181 e. The third kappa shape index (κ3) is 2.94. The molecule has 2 unspecified atom stereocenters. The minimum atomic E-state index is 0.211. The molecule has 0 aromatic carbocycles. The van der Waals surface area contributed by atoms with E-state index < -0.39 is 0 Å². The van der Waals surface area contributed by atoms with Gasteiger partial charge < -0.3 is 5.32 Å². The number of carbonyl (C=O) groups is 1. The lowest BCUT2D eigenvalue weighted by Crippen LogP contribution is -2.34. The van der Waals surface area contributed by atoms with Gasteiger partial charge in [0.25, 0.3) is 0 Å². The van der Waals surface area contributed by atoms with Crippen LogP contribution in [0, 0.1) is 11.8 Å². The Morgan fingerprint density at radius 1 is 1.71 bits per heavy atom. The summed E-state index contributed by atoms with van der Waals surface area (Å²) in [5.41, 5.74) is 0.723. The van der Waals surface area contributed by atoms with Crippen molar-refractivity contribution in [2.45, 2.75) is 26.2 Å². The molecule has 2 atom stereocenters. The van der Waals surface area contributed by atoms with Crippen molar-refractivity contribution >= 4 is 5.78 Å². The Bertz CT molecular complexity index is 380. The fourth-order valence-corrected chi connectivity index (χ4v) is 2.58. The molecule has 2 heterocycles. The van der Waals surface area contributed by atoms with Gasteiger partial charge in [-0.15, -0.1) is 0 Å². The first kappa shape index (κ1) is 12.3. The highest BCUT2D eigenvalue weighted by Gasteiger charge is 2.23. The molecule has 2 rings (SSSR count). The molecule has 4 heteroatoms. The van der Waals surface area contributed by atoms with Crippen LogP contribution in [0.25, 0.3) is 0 Å². The normalized spacial score (nSPS) is 22.4. The highest BCUT2D eigenvalue weighted by molar-refractivity contribution is 5.94. The number of hydrogen-bond donors (Lipinski definition) is 1. The Morgan fingerprint density at radius 2 is 2.53 bits per heavy atom. The number of aryl methyl sites for hydroxylation is 1. The largest absolute Gasteiger partial charge is 0.316 e. The van der Waals surface area contributed by atoms with Gasteiger partial charge in [-0.1, -0.05) is 6.92 Å². The van der Waals surface area contributed by atoms with Crippen LogP contribution >= 0.6 is 0 Å². The van der Waals surface area contributed by atoms with Gasteiger partial charge >= 0.3 is 0 Å². The van der Waals surface area contributed by atoms with Gasteiger partial charge in [0, 0.05) is 19.7 Å². The summed E-state index contributed by atoms with van der Waals surface area (Å²) in [6.07, 6.45) is 4.79. The molecule has 0 spiro atoms. The fourth-order valence-electron chi connectivity index (χ4n) is 2.58. The van der Waals surface area contributed by atoms with Crippen LogP contribution in [0.1, 0.15) is 36.7 Å². The Morgan fingerprint density at radius 3 is 3.12 bits per heavy atom. The predicted molar refractivity (Wildman–Crippen MR) is 66.9 cm³/mol. The molecule has 17 heavy (non-hydrogen) atoms. The summed E-state index contributed by atoms with van der Waals surface area (Å²) < 4.78 is 1.66. The van der Waals surface area contributed by atoms with Crippen LogP contribution < -0.4 is 5.32 Å². The van der Waals surface area contributed by atoms with Gasteiger partial charge in [-0.2, -0.15) is 5.10 Å². The summed E-state index contributed by atoms with van der Waals surface area (Å²) in [5, 5.41) is 7.45. The molecule has 0 bridgehead atoms. The second-order valence-electron chi connectivity index (χ2n) is 5.05. The molecule has 94 valence electrons. The van der Waals surface area contributed by atoms with E-state index in [1.54, 1.807) is 16.9 Å². The van der Waals surface area contributed by atoms with Crippen LogP contribution in [0.3, 0.4) is 0 Å². The molecular formula is C13H21N3O. The molecule has 0 saturated carbocycles. The highest BCUT2D eigenvalue weighted by Crippen LogP contribution is 2.23. The van der Waals surface area contributed by atoms with Gasteiger partial charge in [0.15, 0.2) is 5.78 Å². The molecule has 1 aromatic rings. The molecule has 0 aliphatic carbocycles. The third-order valence-electron chi connectivity index (χ3n) is 3.75. The molecule has 0 amide bonds. The van der Waals surface area contributed by atoms with E-state index in [1.165, 1.54) is 12.8 Å². The molecule has 1 aliphatic rings. The van der Waals surface area contributed by atoms with E-state index in [9.17, 15) is 4.79 Å². The van der Waals surface area contributed by atoms with Crippen LogP contribution in [-0.4, -0.2) is 28.7 Å². The van der Waals surface area contributed by atoms with Crippen molar-refractivity contribution in [3.05, 3.63) is 18.0 Å². The smallest absolute Gasteiger partial charge is 0.181 e. The summed E-state index contributed by atoms with van der Waals surface area (Å²) in [6, 6.07) is 1.80.